The molecule has 0 saturated carbocycles. The molecule has 0 aliphatic rings. The molecule has 0 heterocycles. The van der Waals surface area contributed by atoms with Crippen LogP contribution in [0, 0.1) is 6.92 Å². The Labute approximate surface area is 87.3 Å². The highest BCUT2D eigenvalue weighted by Gasteiger charge is 2.07. The zero-order chi connectivity index (χ0) is 11.3. The number of nitrogens with zero attached hydrogens (tertiary/aromatic N) is 3. The van der Waals surface area contributed by atoms with E-state index in [1.54, 1.807) is 32.0 Å². The first kappa shape index (κ1) is 11.1. The van der Waals surface area contributed by atoms with Crippen molar-refractivity contribution in [3.8, 4) is 0 Å². The molecule has 5 heteroatoms. The van der Waals surface area contributed by atoms with Gasteiger partial charge in [-0.15, -0.1) is 0 Å². The fourth-order valence-electron chi connectivity index (χ4n) is 1.16. The molecule has 0 aromatic heterocycles. The Morgan fingerprint density at radius 2 is 2.33 bits per heavy atom. The van der Waals surface area contributed by atoms with E-state index in [4.69, 9.17) is 10.3 Å². The van der Waals surface area contributed by atoms with Gasteiger partial charge in [-0.05, 0) is 37.1 Å². The summed E-state index contributed by atoms with van der Waals surface area (Å²) in [6, 6.07) is 4.82. The number of carbonyl (C=O) groups excluding carboxylic acids is 1. The van der Waals surface area contributed by atoms with Gasteiger partial charge in [0.1, 0.15) is 0 Å². The van der Waals surface area contributed by atoms with E-state index in [1.165, 1.54) is 0 Å². The van der Waals surface area contributed by atoms with Crippen LogP contribution in [-0.4, -0.2) is 12.6 Å². The maximum Gasteiger partial charge on any atom is 0.338 e. The second-order valence-corrected chi connectivity index (χ2v) is 2.91. The molecule has 78 valence electrons. The van der Waals surface area contributed by atoms with E-state index in [9.17, 15) is 4.79 Å². The molecule has 0 aliphatic carbocycles. The van der Waals surface area contributed by atoms with Crippen LogP contribution in [-0.2, 0) is 4.74 Å². The summed E-state index contributed by atoms with van der Waals surface area (Å²) in [5.74, 6) is -0.368. The largest absolute Gasteiger partial charge is 0.462 e. The van der Waals surface area contributed by atoms with E-state index in [-0.39, 0.29) is 5.97 Å². The second-order valence-electron chi connectivity index (χ2n) is 2.91. The van der Waals surface area contributed by atoms with Crippen LogP contribution in [0.25, 0.3) is 10.4 Å². The summed E-state index contributed by atoms with van der Waals surface area (Å²) < 4.78 is 4.84. The smallest absolute Gasteiger partial charge is 0.338 e. The minimum atomic E-state index is -0.368. The number of benzene rings is 1. The number of hydrogen-bond donors (Lipinski definition) is 0. The fourth-order valence-corrected chi connectivity index (χ4v) is 1.16. The first-order valence-electron chi connectivity index (χ1n) is 4.52. The van der Waals surface area contributed by atoms with Crippen LogP contribution in [0.1, 0.15) is 22.8 Å². The molecule has 0 spiro atoms. The van der Waals surface area contributed by atoms with Gasteiger partial charge in [0.15, 0.2) is 0 Å². The summed E-state index contributed by atoms with van der Waals surface area (Å²) in [4.78, 5) is 14.0. The van der Waals surface area contributed by atoms with Gasteiger partial charge in [-0.1, -0.05) is 11.2 Å². The molecule has 0 bridgehead atoms. The summed E-state index contributed by atoms with van der Waals surface area (Å²) in [6.07, 6.45) is 0. The molecule has 0 N–H and O–H groups in total. The maximum absolute atomic E-state index is 11.3. The van der Waals surface area contributed by atoms with E-state index in [0.717, 1.165) is 5.56 Å². The Morgan fingerprint density at radius 3 is 2.87 bits per heavy atom. The highest BCUT2D eigenvalue weighted by molar-refractivity contribution is 5.90. The molecule has 0 unspecified atom stereocenters. The summed E-state index contributed by atoms with van der Waals surface area (Å²) in [6.45, 7) is 3.86. The summed E-state index contributed by atoms with van der Waals surface area (Å²) >= 11 is 0. The molecule has 0 fully saturated rings. The molecule has 5 nitrogen and oxygen atoms in total. The van der Waals surface area contributed by atoms with Gasteiger partial charge in [0.05, 0.1) is 12.2 Å². The predicted octanol–water partition coefficient (Wildman–Crippen LogP) is 3.11. The van der Waals surface area contributed by atoms with Gasteiger partial charge in [0, 0.05) is 10.6 Å². The molecule has 1 rings (SSSR count). The van der Waals surface area contributed by atoms with Gasteiger partial charge in [-0.3, -0.25) is 0 Å². The average molecular weight is 205 g/mol. The molecule has 0 amide bonds. The van der Waals surface area contributed by atoms with E-state index in [2.05, 4.69) is 10.0 Å². The van der Waals surface area contributed by atoms with Gasteiger partial charge in [-0.2, -0.15) is 0 Å². The molecule has 15 heavy (non-hydrogen) atoms. The highest BCUT2D eigenvalue weighted by atomic mass is 16.5. The zero-order valence-electron chi connectivity index (χ0n) is 8.60. The molecule has 1 aromatic rings. The van der Waals surface area contributed by atoms with Gasteiger partial charge in [0.25, 0.3) is 0 Å². The van der Waals surface area contributed by atoms with Gasteiger partial charge in [0.2, 0.25) is 0 Å². The van der Waals surface area contributed by atoms with E-state index in [1.807, 2.05) is 0 Å². The van der Waals surface area contributed by atoms with Crippen LogP contribution in [0.15, 0.2) is 23.3 Å². The lowest BCUT2D eigenvalue weighted by atomic mass is 10.1. The lowest BCUT2D eigenvalue weighted by Gasteiger charge is -2.04. The number of rotatable bonds is 3. The SMILES string of the molecule is CCOC(=O)c1ccc(N=[N+]=[N-])c(C)c1. The zero-order valence-corrected chi connectivity index (χ0v) is 8.60. The van der Waals surface area contributed by atoms with Crippen molar-refractivity contribution in [2.75, 3.05) is 6.61 Å². The molecule has 0 atom stereocenters. The number of carbonyl (C=O) groups is 1. The third-order valence-corrected chi connectivity index (χ3v) is 1.86. The van der Waals surface area contributed by atoms with Crippen molar-refractivity contribution >= 4 is 11.7 Å². The number of esters is 1. The van der Waals surface area contributed by atoms with Crippen molar-refractivity contribution in [2.45, 2.75) is 13.8 Å². The average Bonchev–Trinajstić information content (AvgIpc) is 2.21. The van der Waals surface area contributed by atoms with Crippen molar-refractivity contribution < 1.29 is 9.53 Å². The third kappa shape index (κ3) is 2.72. The highest BCUT2D eigenvalue weighted by Crippen LogP contribution is 2.20. The normalized spacial score (nSPS) is 9.20. The Balaban J connectivity index is 3.00. The first-order chi connectivity index (χ1) is 7.19. The van der Waals surface area contributed by atoms with E-state index in [0.29, 0.717) is 17.9 Å². The van der Waals surface area contributed by atoms with Crippen molar-refractivity contribution in [1.82, 2.24) is 0 Å². The maximum atomic E-state index is 11.3. The summed E-state index contributed by atoms with van der Waals surface area (Å²) in [5.41, 5.74) is 10.0. The lowest BCUT2D eigenvalue weighted by molar-refractivity contribution is 0.0526. The van der Waals surface area contributed by atoms with Crippen molar-refractivity contribution in [2.24, 2.45) is 5.11 Å². The number of azide groups is 1. The summed E-state index contributed by atoms with van der Waals surface area (Å²) in [5, 5.41) is 3.48. The van der Waals surface area contributed by atoms with Crippen molar-refractivity contribution in [3.05, 3.63) is 39.8 Å². The van der Waals surface area contributed by atoms with E-state index >= 15 is 0 Å². The second kappa shape index (κ2) is 5.02. The Kier molecular flexibility index (Phi) is 3.71. The van der Waals surface area contributed by atoms with Gasteiger partial charge >= 0.3 is 5.97 Å². The van der Waals surface area contributed by atoms with Crippen LogP contribution in [0.2, 0.25) is 0 Å². The molecular weight excluding hydrogens is 194 g/mol. The van der Waals surface area contributed by atoms with Crippen LogP contribution in [0.3, 0.4) is 0 Å². The number of aryl methyl sites for hydroxylation is 1. The minimum absolute atomic E-state index is 0.343. The van der Waals surface area contributed by atoms with Gasteiger partial charge < -0.3 is 4.74 Å². The van der Waals surface area contributed by atoms with Crippen LogP contribution < -0.4 is 0 Å². The van der Waals surface area contributed by atoms with Crippen molar-refractivity contribution in [1.29, 1.82) is 0 Å². The Hall–Kier alpha value is -2.00. The quantitative estimate of drug-likeness (QED) is 0.329. The van der Waals surface area contributed by atoms with Crippen molar-refractivity contribution in [3.63, 3.8) is 0 Å². The summed E-state index contributed by atoms with van der Waals surface area (Å²) in [7, 11) is 0. The fraction of sp³-hybridized carbons (Fsp3) is 0.300. The standard InChI is InChI=1S/C10H11N3O2/c1-3-15-10(14)8-4-5-9(12-13-11)7(2)6-8/h4-6H,3H2,1-2H3. The van der Waals surface area contributed by atoms with Crippen LogP contribution >= 0.6 is 0 Å². The topological polar surface area (TPSA) is 75.1 Å². The minimum Gasteiger partial charge on any atom is -0.462 e. The molecule has 0 radical (unpaired) electrons. The van der Waals surface area contributed by atoms with Gasteiger partial charge in [-0.25, -0.2) is 4.79 Å². The molecular formula is C10H11N3O2. The molecule has 0 aliphatic heterocycles. The third-order valence-electron chi connectivity index (χ3n) is 1.86. The monoisotopic (exact) mass is 205 g/mol. The van der Waals surface area contributed by atoms with Crippen LogP contribution in [0.4, 0.5) is 5.69 Å². The molecule has 1 aromatic carbocycles. The lowest BCUT2D eigenvalue weighted by Crippen LogP contribution is -2.04. The Bertz CT molecular complexity index is 423. The first-order valence-corrected chi connectivity index (χ1v) is 4.52. The number of ether oxygens (including phenoxy) is 1. The predicted molar refractivity (Wildman–Crippen MR) is 55.9 cm³/mol. The molecule has 0 saturated heterocycles. The van der Waals surface area contributed by atoms with E-state index < -0.39 is 0 Å². The van der Waals surface area contributed by atoms with Crippen LogP contribution in [0.5, 0.6) is 0 Å². The Morgan fingerprint density at radius 1 is 1.60 bits per heavy atom. The number of hydrogen-bond acceptors (Lipinski definition) is 3.